The highest BCUT2D eigenvalue weighted by Gasteiger charge is 2.31. The maximum absolute atomic E-state index is 12.3. The van der Waals surface area contributed by atoms with Crippen LogP contribution < -0.4 is 31.3 Å². The zero-order valence-electron chi connectivity index (χ0n) is 18.9. The van der Waals surface area contributed by atoms with E-state index < -0.39 is 6.36 Å². The molecule has 2 aliphatic heterocycles. The lowest BCUT2D eigenvalue weighted by atomic mass is 9.91. The van der Waals surface area contributed by atoms with Gasteiger partial charge in [-0.05, 0) is 80.3 Å². The van der Waals surface area contributed by atoms with Crippen LogP contribution in [0, 0.1) is 0 Å². The second-order valence-electron chi connectivity index (χ2n) is 8.61. The number of hydrogen-bond donors (Lipinski definition) is 5. The minimum atomic E-state index is -4.68. The summed E-state index contributed by atoms with van der Waals surface area (Å²) >= 11 is 0.898. The maximum Gasteiger partial charge on any atom is 0.573 e. The van der Waals surface area contributed by atoms with Crippen LogP contribution in [0.25, 0.3) is 0 Å². The third-order valence-electron chi connectivity index (χ3n) is 6.02. The van der Waals surface area contributed by atoms with Crippen LogP contribution in [0.2, 0.25) is 0 Å². The molecule has 0 aromatic heterocycles. The van der Waals surface area contributed by atoms with E-state index >= 15 is 0 Å². The third kappa shape index (κ3) is 7.99. The quantitative estimate of drug-likeness (QED) is 0.340. The van der Waals surface area contributed by atoms with Gasteiger partial charge < -0.3 is 15.4 Å². The highest BCUT2D eigenvalue weighted by Crippen LogP contribution is 2.25. The number of allylic oxidation sites excluding steroid dienone is 1. The molecular formula is C23H28F3N5O3S. The number of carbonyl (C=O) groups excluding carboxylic acids is 2. The Kier molecular flexibility index (Phi) is 8.37. The minimum absolute atomic E-state index is 0.129. The van der Waals surface area contributed by atoms with E-state index in [1.54, 1.807) is 18.2 Å². The molecule has 3 aliphatic rings. The molecule has 1 aromatic rings. The van der Waals surface area contributed by atoms with Crippen LogP contribution in [-0.2, 0) is 11.2 Å². The van der Waals surface area contributed by atoms with Crippen molar-refractivity contribution in [1.29, 1.82) is 0 Å². The van der Waals surface area contributed by atoms with E-state index in [9.17, 15) is 22.8 Å². The van der Waals surface area contributed by atoms with Gasteiger partial charge in [-0.3, -0.25) is 25.5 Å². The largest absolute Gasteiger partial charge is 0.573 e. The molecule has 12 heteroatoms. The summed E-state index contributed by atoms with van der Waals surface area (Å²) in [7, 11) is 0. The van der Waals surface area contributed by atoms with Gasteiger partial charge in [0.25, 0.3) is 11.1 Å². The third-order valence-corrected chi connectivity index (χ3v) is 6.83. The zero-order valence-corrected chi connectivity index (χ0v) is 19.7. The first-order valence-electron chi connectivity index (χ1n) is 11.5. The molecule has 1 aliphatic carbocycles. The van der Waals surface area contributed by atoms with Crippen LogP contribution in [0.1, 0.15) is 31.2 Å². The molecule has 190 valence electrons. The summed E-state index contributed by atoms with van der Waals surface area (Å²) in [6.45, 7) is 1.40. The first kappa shape index (κ1) is 25.5. The Balaban J connectivity index is 1.14. The molecular weight excluding hydrogens is 483 g/mol. The Labute approximate surface area is 205 Å². The van der Waals surface area contributed by atoms with Gasteiger partial charge in [0.2, 0.25) is 0 Å². The van der Waals surface area contributed by atoms with Crippen molar-refractivity contribution in [3.05, 3.63) is 52.6 Å². The second-order valence-corrected chi connectivity index (χ2v) is 9.62. The molecule has 2 fully saturated rings. The first-order valence-corrected chi connectivity index (χ1v) is 12.3. The average molecular weight is 512 g/mol. The lowest BCUT2D eigenvalue weighted by molar-refractivity contribution is -0.274. The van der Waals surface area contributed by atoms with E-state index in [4.69, 9.17) is 0 Å². The monoisotopic (exact) mass is 511 g/mol. The standard InChI is InChI=1S/C23H28F3N5O3S/c24-23(25,26)34-18-7-1-14(2-8-18)9-11-27-15-3-5-16(6-4-15)29-21-28-12-10-17(30-21)13-19-20(32)31-22(33)35-19/h1-2,7-8,10,13,15-16,21,27-30H,3-6,9,11-12H2,(H,31,32,33)/b19-13-. The number of nitrogens with one attached hydrogen (secondary N) is 5. The Morgan fingerprint density at radius 1 is 1.09 bits per heavy atom. The molecule has 2 heterocycles. The predicted molar refractivity (Wildman–Crippen MR) is 126 cm³/mol. The van der Waals surface area contributed by atoms with Crippen molar-refractivity contribution in [2.45, 2.75) is 56.8 Å². The summed E-state index contributed by atoms with van der Waals surface area (Å²) < 4.78 is 40.7. The molecule has 0 radical (unpaired) electrons. The highest BCUT2D eigenvalue weighted by molar-refractivity contribution is 8.18. The molecule has 1 atom stereocenters. The Morgan fingerprint density at radius 3 is 2.46 bits per heavy atom. The van der Waals surface area contributed by atoms with Crippen molar-refractivity contribution in [3.8, 4) is 5.75 Å². The molecule has 0 spiro atoms. The number of amides is 2. The van der Waals surface area contributed by atoms with Crippen LogP contribution in [0.4, 0.5) is 18.0 Å². The maximum atomic E-state index is 12.3. The molecule has 4 rings (SSSR count). The Hall–Kier alpha value is -2.54. The fraction of sp³-hybridized carbons (Fsp3) is 0.478. The summed E-state index contributed by atoms with van der Waals surface area (Å²) in [5, 5.41) is 15.7. The van der Waals surface area contributed by atoms with Crippen LogP contribution in [0.5, 0.6) is 5.75 Å². The minimum Gasteiger partial charge on any atom is -0.406 e. The van der Waals surface area contributed by atoms with Gasteiger partial charge in [-0.15, -0.1) is 13.2 Å². The number of benzene rings is 1. The number of imide groups is 1. The van der Waals surface area contributed by atoms with Crippen molar-refractivity contribution in [1.82, 2.24) is 26.6 Å². The zero-order chi connectivity index (χ0) is 24.8. The van der Waals surface area contributed by atoms with Gasteiger partial charge in [-0.1, -0.05) is 12.1 Å². The summed E-state index contributed by atoms with van der Waals surface area (Å²) in [5.41, 5.74) is 1.75. The van der Waals surface area contributed by atoms with Gasteiger partial charge in [0.1, 0.15) is 12.0 Å². The van der Waals surface area contributed by atoms with Crippen molar-refractivity contribution in [2.75, 3.05) is 13.1 Å². The average Bonchev–Trinajstić information content (AvgIpc) is 3.12. The normalized spacial score (nSPS) is 26.3. The van der Waals surface area contributed by atoms with Gasteiger partial charge in [0.05, 0.1) is 4.91 Å². The summed E-state index contributed by atoms with van der Waals surface area (Å²) in [4.78, 5) is 23.5. The smallest absolute Gasteiger partial charge is 0.406 e. The fourth-order valence-electron chi connectivity index (χ4n) is 4.31. The predicted octanol–water partition coefficient (Wildman–Crippen LogP) is 2.85. The van der Waals surface area contributed by atoms with Gasteiger partial charge >= 0.3 is 6.36 Å². The number of alkyl halides is 3. The number of carbonyl (C=O) groups is 2. The second kappa shape index (κ2) is 11.5. The molecule has 0 bridgehead atoms. The van der Waals surface area contributed by atoms with Gasteiger partial charge in [0.15, 0.2) is 0 Å². The van der Waals surface area contributed by atoms with E-state index in [0.29, 0.717) is 23.5 Å². The van der Waals surface area contributed by atoms with Crippen molar-refractivity contribution < 1.29 is 27.5 Å². The van der Waals surface area contributed by atoms with E-state index in [-0.39, 0.29) is 23.2 Å². The van der Waals surface area contributed by atoms with Crippen LogP contribution in [0.3, 0.4) is 0 Å². The Bertz CT molecular complexity index is 976. The van der Waals surface area contributed by atoms with Crippen molar-refractivity contribution in [2.24, 2.45) is 0 Å². The number of halogens is 3. The summed E-state index contributed by atoms with van der Waals surface area (Å²) in [6, 6.07) is 6.74. The van der Waals surface area contributed by atoms with Gasteiger partial charge in [-0.2, -0.15) is 0 Å². The molecule has 1 saturated heterocycles. The molecule has 1 unspecified atom stereocenters. The van der Waals surface area contributed by atoms with Crippen LogP contribution in [0.15, 0.2) is 47.0 Å². The molecule has 2 amide bonds. The molecule has 8 nitrogen and oxygen atoms in total. The summed E-state index contributed by atoms with van der Waals surface area (Å²) in [5.74, 6) is -0.580. The number of ether oxygens (including phenoxy) is 1. The van der Waals surface area contributed by atoms with E-state index in [0.717, 1.165) is 61.7 Å². The first-order chi connectivity index (χ1) is 16.7. The highest BCUT2D eigenvalue weighted by atomic mass is 32.2. The van der Waals surface area contributed by atoms with Crippen molar-refractivity contribution in [3.63, 3.8) is 0 Å². The fourth-order valence-corrected chi connectivity index (χ4v) is 4.98. The molecule has 5 N–H and O–H groups in total. The van der Waals surface area contributed by atoms with Gasteiger partial charge in [0, 0.05) is 24.3 Å². The van der Waals surface area contributed by atoms with E-state index in [1.807, 2.05) is 6.08 Å². The van der Waals surface area contributed by atoms with Crippen molar-refractivity contribution >= 4 is 22.9 Å². The van der Waals surface area contributed by atoms with Crippen LogP contribution in [-0.4, -0.2) is 49.0 Å². The summed E-state index contributed by atoms with van der Waals surface area (Å²) in [6.07, 6.45) is 3.61. The number of thioether (sulfide) groups is 1. The lowest BCUT2D eigenvalue weighted by Crippen LogP contribution is -2.58. The molecule has 1 saturated carbocycles. The van der Waals surface area contributed by atoms with Crippen LogP contribution >= 0.6 is 11.8 Å². The number of rotatable bonds is 8. The SMILES string of the molecule is O=C1NC(=O)/C(=C/C2=CCNC(NC3CCC(NCCc4ccc(OC(F)(F)F)cc4)CC3)N2)S1. The van der Waals surface area contributed by atoms with Gasteiger partial charge in [-0.25, -0.2) is 0 Å². The molecule has 1 aromatic carbocycles. The van der Waals surface area contributed by atoms with E-state index in [1.165, 1.54) is 12.1 Å². The number of hydrogen-bond acceptors (Lipinski definition) is 8. The van der Waals surface area contributed by atoms with E-state index in [2.05, 4.69) is 31.3 Å². The molecule has 35 heavy (non-hydrogen) atoms. The Morgan fingerprint density at radius 2 is 1.80 bits per heavy atom. The lowest BCUT2D eigenvalue weighted by Gasteiger charge is -2.35. The topological polar surface area (TPSA) is 104 Å².